The van der Waals surface area contributed by atoms with Gasteiger partial charge in [-0.3, -0.25) is 9.59 Å². The molecule has 0 aromatic heterocycles. The van der Waals surface area contributed by atoms with Crippen LogP contribution in [0.25, 0.3) is 0 Å². The molecule has 5 rings (SSSR count). The Morgan fingerprint density at radius 1 is 0.814 bits per heavy atom. The first kappa shape index (κ1) is 30.7. The largest absolute Gasteiger partial charge is 0.458 e. The zero-order valence-electron chi connectivity index (χ0n) is 25.0. The summed E-state index contributed by atoms with van der Waals surface area (Å²) in [4.78, 5) is 52.2. The molecule has 1 saturated heterocycles. The van der Waals surface area contributed by atoms with Gasteiger partial charge in [0.2, 0.25) is 0 Å². The van der Waals surface area contributed by atoms with E-state index >= 15 is 0 Å². The molecule has 0 radical (unpaired) electrons. The van der Waals surface area contributed by atoms with Crippen molar-refractivity contribution in [1.29, 1.82) is 0 Å². The van der Waals surface area contributed by atoms with Gasteiger partial charge in [0.15, 0.2) is 12.2 Å². The van der Waals surface area contributed by atoms with E-state index in [2.05, 4.69) is 0 Å². The first-order chi connectivity index (χ1) is 20.4. The van der Waals surface area contributed by atoms with Crippen molar-refractivity contribution in [2.45, 2.75) is 83.1 Å². The number of fused-ring (bicyclic) bond motifs is 1. The van der Waals surface area contributed by atoms with Crippen molar-refractivity contribution in [3.63, 3.8) is 0 Å². The van der Waals surface area contributed by atoms with Gasteiger partial charge in [0, 0.05) is 19.8 Å². The highest BCUT2D eigenvalue weighted by atomic mass is 16.6. The molecule has 8 unspecified atom stereocenters. The van der Waals surface area contributed by atoms with E-state index < -0.39 is 77.4 Å². The van der Waals surface area contributed by atoms with Crippen LogP contribution in [-0.4, -0.2) is 71.2 Å². The Morgan fingerprint density at radius 3 is 1.86 bits per heavy atom. The van der Waals surface area contributed by atoms with Gasteiger partial charge in [-0.2, -0.15) is 0 Å². The van der Waals surface area contributed by atoms with Crippen molar-refractivity contribution in [3.05, 3.63) is 71.8 Å². The van der Waals surface area contributed by atoms with Gasteiger partial charge in [0.05, 0.1) is 28.9 Å². The average Bonchev–Trinajstić information content (AvgIpc) is 3.23. The molecule has 10 nitrogen and oxygen atoms in total. The van der Waals surface area contributed by atoms with E-state index in [0.29, 0.717) is 12.0 Å². The molecule has 0 amide bonds. The molecule has 1 aliphatic heterocycles. The third kappa shape index (κ3) is 5.10. The van der Waals surface area contributed by atoms with Gasteiger partial charge >= 0.3 is 23.9 Å². The van der Waals surface area contributed by atoms with Crippen LogP contribution in [0.15, 0.2) is 60.7 Å². The molecular weight excluding hydrogens is 556 g/mol. The number of aliphatic hydroxyl groups is 1. The standard InChI is InChI=1S/C33H38O10/c1-19-16-25(41-29(37)22-12-8-6-9-13-22)27(40-21(3)36)32(18-34)28(42-30(38)23-14-10-7-11-15-23)26(39-20(2)35)24-17-33(19,32)43-31(24,4)5/h6-15,19,24-28,34H,16-18H2,1-5H3. The molecule has 1 N–H and O–H groups in total. The van der Waals surface area contributed by atoms with Crippen LogP contribution in [0.5, 0.6) is 0 Å². The molecule has 2 saturated carbocycles. The monoisotopic (exact) mass is 594 g/mol. The molecule has 2 aromatic carbocycles. The lowest BCUT2D eigenvalue weighted by Crippen LogP contribution is -2.76. The molecular formula is C33H38O10. The maximum Gasteiger partial charge on any atom is 0.338 e. The molecule has 2 bridgehead atoms. The lowest BCUT2D eigenvalue weighted by atomic mass is 9.48. The Morgan fingerprint density at radius 2 is 1.35 bits per heavy atom. The number of ether oxygens (including phenoxy) is 5. The van der Waals surface area contributed by atoms with Crippen LogP contribution in [0.1, 0.15) is 68.2 Å². The first-order valence-electron chi connectivity index (χ1n) is 14.5. The maximum absolute atomic E-state index is 13.6. The third-order valence-corrected chi connectivity index (χ3v) is 9.45. The van der Waals surface area contributed by atoms with Gasteiger partial charge in [-0.15, -0.1) is 0 Å². The Balaban J connectivity index is 1.69. The van der Waals surface area contributed by atoms with Gasteiger partial charge in [-0.25, -0.2) is 9.59 Å². The van der Waals surface area contributed by atoms with Crippen molar-refractivity contribution in [3.8, 4) is 0 Å². The van der Waals surface area contributed by atoms with E-state index in [1.54, 1.807) is 60.7 Å². The predicted octanol–water partition coefficient (Wildman–Crippen LogP) is 3.89. The summed E-state index contributed by atoms with van der Waals surface area (Å²) in [7, 11) is 0. The first-order valence-corrected chi connectivity index (χ1v) is 14.5. The van der Waals surface area contributed by atoms with Crippen LogP contribution in [0.4, 0.5) is 0 Å². The molecule has 2 aromatic rings. The Kier molecular flexibility index (Phi) is 8.13. The Labute approximate surface area is 250 Å². The Hall–Kier alpha value is -3.76. The minimum atomic E-state index is -1.69. The fourth-order valence-corrected chi connectivity index (χ4v) is 7.69. The van der Waals surface area contributed by atoms with Gasteiger partial charge in [-0.05, 0) is 56.9 Å². The third-order valence-electron chi connectivity index (χ3n) is 9.45. The number of carbonyl (C=O) groups excluding carboxylic acids is 4. The van der Waals surface area contributed by atoms with Crippen LogP contribution in [0.2, 0.25) is 0 Å². The summed E-state index contributed by atoms with van der Waals surface area (Å²) in [5.74, 6) is -3.49. The molecule has 43 heavy (non-hydrogen) atoms. The summed E-state index contributed by atoms with van der Waals surface area (Å²) in [6, 6.07) is 16.7. The lowest BCUT2D eigenvalue weighted by molar-refractivity contribution is -0.305. The van der Waals surface area contributed by atoms with E-state index in [-0.39, 0.29) is 17.9 Å². The molecule has 10 heteroatoms. The van der Waals surface area contributed by atoms with Crippen LogP contribution in [0, 0.1) is 17.3 Å². The molecule has 1 heterocycles. The van der Waals surface area contributed by atoms with Crippen LogP contribution in [0.3, 0.4) is 0 Å². The second-order valence-electron chi connectivity index (χ2n) is 12.3. The summed E-state index contributed by atoms with van der Waals surface area (Å²) in [5.41, 5.74) is -3.25. The van der Waals surface area contributed by atoms with E-state index in [1.165, 1.54) is 13.8 Å². The topological polar surface area (TPSA) is 135 Å². The van der Waals surface area contributed by atoms with Crippen molar-refractivity contribution in [2.75, 3.05) is 6.61 Å². The van der Waals surface area contributed by atoms with Gasteiger partial charge in [0.1, 0.15) is 17.6 Å². The van der Waals surface area contributed by atoms with Crippen molar-refractivity contribution >= 4 is 23.9 Å². The fraction of sp³-hybridized carbons (Fsp3) is 0.515. The highest BCUT2D eigenvalue weighted by Gasteiger charge is 2.80. The van der Waals surface area contributed by atoms with Crippen LogP contribution < -0.4 is 0 Å². The quantitative estimate of drug-likeness (QED) is 0.372. The number of carbonyl (C=O) groups is 4. The van der Waals surface area contributed by atoms with E-state index in [0.717, 1.165) is 0 Å². The molecule has 3 aliphatic rings. The Bertz CT molecular complexity index is 1370. The number of rotatable bonds is 7. The van der Waals surface area contributed by atoms with Crippen LogP contribution in [-0.2, 0) is 33.3 Å². The fourth-order valence-electron chi connectivity index (χ4n) is 7.69. The van der Waals surface area contributed by atoms with E-state index in [1.807, 2.05) is 20.8 Å². The minimum Gasteiger partial charge on any atom is -0.458 e. The second kappa shape index (κ2) is 11.4. The molecule has 1 spiro atoms. The van der Waals surface area contributed by atoms with Crippen LogP contribution >= 0.6 is 0 Å². The van der Waals surface area contributed by atoms with E-state index in [4.69, 9.17) is 23.7 Å². The average molecular weight is 595 g/mol. The second-order valence-corrected chi connectivity index (χ2v) is 12.3. The van der Waals surface area contributed by atoms with Gasteiger partial charge in [-0.1, -0.05) is 43.3 Å². The number of aliphatic hydroxyl groups excluding tert-OH is 1. The maximum atomic E-state index is 13.6. The number of hydrogen-bond donors (Lipinski definition) is 1. The molecule has 8 atom stereocenters. The zero-order chi connectivity index (χ0) is 31.2. The van der Waals surface area contributed by atoms with Crippen molar-refractivity contribution in [1.82, 2.24) is 0 Å². The van der Waals surface area contributed by atoms with Crippen molar-refractivity contribution < 1.29 is 48.0 Å². The zero-order valence-corrected chi connectivity index (χ0v) is 25.0. The molecule has 230 valence electrons. The predicted molar refractivity (Wildman–Crippen MR) is 152 cm³/mol. The summed E-state index contributed by atoms with van der Waals surface area (Å²) >= 11 is 0. The van der Waals surface area contributed by atoms with Gasteiger partial charge in [0.25, 0.3) is 0 Å². The SMILES string of the molecule is CC(=O)OC1C2CC3(OC2(C)C)C(C)CC(OC(=O)c2ccccc2)C(OC(C)=O)C3(CO)C1OC(=O)c1ccccc1. The summed E-state index contributed by atoms with van der Waals surface area (Å²) in [6.07, 6.45) is -4.23. The molecule has 2 aliphatic carbocycles. The highest BCUT2D eigenvalue weighted by Crippen LogP contribution is 2.67. The van der Waals surface area contributed by atoms with Crippen molar-refractivity contribution in [2.24, 2.45) is 17.3 Å². The summed E-state index contributed by atoms with van der Waals surface area (Å²) < 4.78 is 31.0. The van der Waals surface area contributed by atoms with E-state index in [9.17, 15) is 24.3 Å². The lowest BCUT2D eigenvalue weighted by Gasteiger charge is -2.62. The number of hydrogen-bond acceptors (Lipinski definition) is 10. The van der Waals surface area contributed by atoms with Gasteiger partial charge < -0.3 is 28.8 Å². The summed E-state index contributed by atoms with van der Waals surface area (Å²) in [5, 5.41) is 11.5. The highest BCUT2D eigenvalue weighted by molar-refractivity contribution is 5.90. The smallest absolute Gasteiger partial charge is 0.338 e. The minimum absolute atomic E-state index is 0.235. The normalized spacial score (nSPS) is 33.9. The number of benzene rings is 2. The summed E-state index contributed by atoms with van der Waals surface area (Å²) in [6.45, 7) is 7.42. The molecule has 3 fully saturated rings. The number of esters is 4.